The molecule has 2 rings (SSSR count). The van der Waals surface area contributed by atoms with E-state index in [0.29, 0.717) is 5.92 Å². The molecule has 4 heteroatoms. The number of morpholine rings is 1. The molecule has 1 aromatic rings. The number of nitrogens with one attached hydrogen (secondary N) is 1. The second kappa shape index (κ2) is 8.63. The summed E-state index contributed by atoms with van der Waals surface area (Å²) in [6.45, 7) is 3.48. The van der Waals surface area contributed by atoms with Crippen LogP contribution in [0.3, 0.4) is 0 Å². The zero-order valence-electron chi connectivity index (χ0n) is 12.1. The third-order valence-electron chi connectivity index (χ3n) is 3.80. The van der Waals surface area contributed by atoms with Gasteiger partial charge in [0.15, 0.2) is 0 Å². The van der Waals surface area contributed by atoms with E-state index < -0.39 is 0 Å². The number of rotatable bonds is 7. The van der Waals surface area contributed by atoms with Gasteiger partial charge in [0.2, 0.25) is 0 Å². The summed E-state index contributed by atoms with van der Waals surface area (Å²) >= 11 is 6.14. The largest absolute Gasteiger partial charge is 0.385 e. The molecule has 0 aromatic heterocycles. The number of methoxy groups -OCH3 is 1. The smallest absolute Gasteiger partial charge is 0.0768 e. The van der Waals surface area contributed by atoms with Crippen molar-refractivity contribution in [3.63, 3.8) is 0 Å². The molecule has 112 valence electrons. The standard InChI is InChI=1S/C16H24ClNO2/c1-19-9-3-2-7-15(16-12-18-8-10-20-16)13-5-4-6-14(17)11-13/h4-6,11,15-16,18H,2-3,7-10,12H2,1H3/t15-,16+/m1/s1. The maximum absolute atomic E-state index is 6.14. The van der Waals surface area contributed by atoms with Gasteiger partial charge in [-0.1, -0.05) is 30.2 Å². The van der Waals surface area contributed by atoms with Crippen LogP contribution in [0.1, 0.15) is 30.7 Å². The molecular formula is C16H24ClNO2. The molecule has 20 heavy (non-hydrogen) atoms. The van der Waals surface area contributed by atoms with Crippen LogP contribution in [0.4, 0.5) is 0 Å². The van der Waals surface area contributed by atoms with Crippen LogP contribution in [-0.4, -0.2) is 39.5 Å². The van der Waals surface area contributed by atoms with Crippen molar-refractivity contribution < 1.29 is 9.47 Å². The Morgan fingerprint density at radius 2 is 2.35 bits per heavy atom. The first-order valence-corrected chi connectivity index (χ1v) is 7.76. The number of halogens is 1. The van der Waals surface area contributed by atoms with Gasteiger partial charge in [-0.25, -0.2) is 0 Å². The van der Waals surface area contributed by atoms with Crippen LogP contribution in [0, 0.1) is 0 Å². The summed E-state index contributed by atoms with van der Waals surface area (Å²) in [5.74, 6) is 0.401. The highest BCUT2D eigenvalue weighted by Gasteiger charge is 2.25. The van der Waals surface area contributed by atoms with Crippen molar-refractivity contribution in [3.05, 3.63) is 34.9 Å². The number of hydrogen-bond donors (Lipinski definition) is 1. The molecule has 0 aliphatic carbocycles. The molecule has 0 spiro atoms. The van der Waals surface area contributed by atoms with Crippen molar-refractivity contribution in [3.8, 4) is 0 Å². The Morgan fingerprint density at radius 1 is 1.45 bits per heavy atom. The quantitative estimate of drug-likeness (QED) is 0.784. The Morgan fingerprint density at radius 3 is 3.05 bits per heavy atom. The van der Waals surface area contributed by atoms with Gasteiger partial charge in [0.25, 0.3) is 0 Å². The number of hydrogen-bond acceptors (Lipinski definition) is 3. The van der Waals surface area contributed by atoms with E-state index in [4.69, 9.17) is 21.1 Å². The van der Waals surface area contributed by atoms with E-state index in [1.165, 1.54) is 5.56 Å². The van der Waals surface area contributed by atoms with Gasteiger partial charge in [-0.2, -0.15) is 0 Å². The predicted molar refractivity (Wildman–Crippen MR) is 82.5 cm³/mol. The maximum Gasteiger partial charge on any atom is 0.0768 e. The fourth-order valence-corrected chi connectivity index (χ4v) is 2.96. The Kier molecular flexibility index (Phi) is 6.80. The van der Waals surface area contributed by atoms with Gasteiger partial charge in [-0.05, 0) is 30.5 Å². The van der Waals surface area contributed by atoms with E-state index >= 15 is 0 Å². The second-order valence-electron chi connectivity index (χ2n) is 5.26. The highest BCUT2D eigenvalue weighted by Crippen LogP contribution is 2.30. The SMILES string of the molecule is COCCCC[C@H](c1cccc(Cl)c1)[C@@H]1CNCCO1. The lowest BCUT2D eigenvalue weighted by Crippen LogP contribution is -2.41. The van der Waals surface area contributed by atoms with Crippen LogP contribution < -0.4 is 5.32 Å². The molecule has 1 N–H and O–H groups in total. The van der Waals surface area contributed by atoms with Crippen molar-refractivity contribution in [1.29, 1.82) is 0 Å². The summed E-state index contributed by atoms with van der Waals surface area (Å²) in [5, 5.41) is 4.22. The summed E-state index contributed by atoms with van der Waals surface area (Å²) in [4.78, 5) is 0. The predicted octanol–water partition coefficient (Wildman–Crippen LogP) is 3.23. The summed E-state index contributed by atoms with van der Waals surface area (Å²) in [6.07, 6.45) is 3.58. The van der Waals surface area contributed by atoms with E-state index in [1.54, 1.807) is 7.11 Å². The lowest BCUT2D eigenvalue weighted by molar-refractivity contribution is 0.00848. The monoisotopic (exact) mass is 297 g/mol. The van der Waals surface area contributed by atoms with E-state index in [9.17, 15) is 0 Å². The van der Waals surface area contributed by atoms with Gasteiger partial charge in [0.05, 0.1) is 12.7 Å². The molecule has 1 aliphatic rings. The average molecular weight is 298 g/mol. The number of ether oxygens (including phenoxy) is 2. The molecule has 0 amide bonds. The Labute approximate surface area is 126 Å². The van der Waals surface area contributed by atoms with Crippen molar-refractivity contribution in [2.45, 2.75) is 31.3 Å². The van der Waals surface area contributed by atoms with Crippen LogP contribution in [0.2, 0.25) is 5.02 Å². The van der Waals surface area contributed by atoms with Crippen LogP contribution in [-0.2, 0) is 9.47 Å². The molecular weight excluding hydrogens is 274 g/mol. The second-order valence-corrected chi connectivity index (χ2v) is 5.70. The fraction of sp³-hybridized carbons (Fsp3) is 0.625. The minimum atomic E-state index is 0.241. The van der Waals surface area contributed by atoms with Crippen molar-refractivity contribution in [2.24, 2.45) is 0 Å². The van der Waals surface area contributed by atoms with E-state index in [-0.39, 0.29) is 6.10 Å². The molecule has 1 saturated heterocycles. The van der Waals surface area contributed by atoms with Crippen molar-refractivity contribution in [1.82, 2.24) is 5.32 Å². The first-order chi connectivity index (χ1) is 9.81. The fourth-order valence-electron chi connectivity index (χ4n) is 2.76. The molecule has 1 heterocycles. The molecule has 1 fully saturated rings. The zero-order chi connectivity index (χ0) is 14.2. The summed E-state index contributed by atoms with van der Waals surface area (Å²) < 4.78 is 11.1. The lowest BCUT2D eigenvalue weighted by atomic mass is 9.88. The van der Waals surface area contributed by atoms with E-state index in [2.05, 4.69) is 17.4 Å². The summed E-state index contributed by atoms with van der Waals surface area (Å²) in [6, 6.07) is 8.18. The van der Waals surface area contributed by atoms with Gasteiger partial charge >= 0.3 is 0 Å². The molecule has 0 saturated carbocycles. The first kappa shape index (κ1) is 15.8. The van der Waals surface area contributed by atoms with Crippen molar-refractivity contribution >= 4 is 11.6 Å². The average Bonchev–Trinajstić information content (AvgIpc) is 2.48. The number of benzene rings is 1. The molecule has 0 radical (unpaired) electrons. The Hall–Kier alpha value is -0.610. The molecule has 3 nitrogen and oxygen atoms in total. The Balaban J connectivity index is 2.02. The van der Waals surface area contributed by atoms with Crippen LogP contribution in [0.15, 0.2) is 24.3 Å². The van der Waals surface area contributed by atoms with Crippen LogP contribution in [0.5, 0.6) is 0 Å². The third kappa shape index (κ3) is 4.74. The van der Waals surface area contributed by atoms with Gasteiger partial charge in [-0.15, -0.1) is 0 Å². The molecule has 1 aromatic carbocycles. The molecule has 0 unspecified atom stereocenters. The summed E-state index contributed by atoms with van der Waals surface area (Å²) in [5.41, 5.74) is 1.28. The van der Waals surface area contributed by atoms with E-state index in [1.807, 2.05) is 12.1 Å². The molecule has 2 atom stereocenters. The summed E-state index contributed by atoms with van der Waals surface area (Å²) in [7, 11) is 1.75. The van der Waals surface area contributed by atoms with Gasteiger partial charge < -0.3 is 14.8 Å². The Bertz CT molecular complexity index is 394. The maximum atomic E-state index is 6.14. The normalized spacial score (nSPS) is 20.8. The highest BCUT2D eigenvalue weighted by molar-refractivity contribution is 6.30. The highest BCUT2D eigenvalue weighted by atomic mass is 35.5. The lowest BCUT2D eigenvalue weighted by Gasteiger charge is -2.31. The van der Waals surface area contributed by atoms with Gasteiger partial charge in [0, 0.05) is 37.7 Å². The molecule has 1 aliphatic heterocycles. The number of unbranched alkanes of at least 4 members (excludes halogenated alkanes) is 1. The minimum Gasteiger partial charge on any atom is -0.385 e. The van der Waals surface area contributed by atoms with E-state index in [0.717, 1.165) is 50.6 Å². The van der Waals surface area contributed by atoms with Crippen molar-refractivity contribution in [2.75, 3.05) is 33.4 Å². The van der Waals surface area contributed by atoms with Gasteiger partial charge in [0.1, 0.15) is 0 Å². The molecule has 0 bridgehead atoms. The first-order valence-electron chi connectivity index (χ1n) is 7.38. The minimum absolute atomic E-state index is 0.241. The third-order valence-corrected chi connectivity index (χ3v) is 4.03. The zero-order valence-corrected chi connectivity index (χ0v) is 12.9. The van der Waals surface area contributed by atoms with Crippen LogP contribution >= 0.6 is 11.6 Å². The van der Waals surface area contributed by atoms with Gasteiger partial charge in [-0.3, -0.25) is 0 Å². The van der Waals surface area contributed by atoms with Crippen LogP contribution in [0.25, 0.3) is 0 Å². The topological polar surface area (TPSA) is 30.5 Å².